The first kappa shape index (κ1) is 13.6. The van der Waals surface area contributed by atoms with Crippen molar-refractivity contribution in [2.45, 2.75) is 51.6 Å². The van der Waals surface area contributed by atoms with Crippen LogP contribution in [-0.2, 0) is 5.60 Å². The first-order chi connectivity index (χ1) is 10.0. The van der Waals surface area contributed by atoms with Gasteiger partial charge in [-0.2, -0.15) is 0 Å². The van der Waals surface area contributed by atoms with E-state index in [-0.39, 0.29) is 0 Å². The molecule has 3 aliphatic rings. The fourth-order valence-corrected chi connectivity index (χ4v) is 5.90. The lowest BCUT2D eigenvalue weighted by Crippen LogP contribution is -2.39. The predicted octanol–water partition coefficient (Wildman–Crippen LogP) is 3.96. The maximum absolute atomic E-state index is 11.5. The monoisotopic (exact) mass is 286 g/mol. The van der Waals surface area contributed by atoms with Crippen LogP contribution >= 0.6 is 0 Å². The van der Waals surface area contributed by atoms with Gasteiger partial charge in [-0.3, -0.25) is 0 Å². The highest BCUT2D eigenvalue weighted by Crippen LogP contribution is 2.65. The van der Waals surface area contributed by atoms with Crippen molar-refractivity contribution in [3.63, 3.8) is 0 Å². The topological polar surface area (TPSA) is 29.5 Å². The van der Waals surface area contributed by atoms with Crippen molar-refractivity contribution in [2.75, 3.05) is 7.11 Å². The van der Waals surface area contributed by atoms with E-state index >= 15 is 0 Å². The minimum Gasteiger partial charge on any atom is -0.496 e. The molecule has 0 aromatic heterocycles. The van der Waals surface area contributed by atoms with Crippen LogP contribution in [0.2, 0.25) is 0 Å². The van der Waals surface area contributed by atoms with Crippen LogP contribution in [0.4, 0.5) is 0 Å². The molecule has 0 saturated heterocycles. The van der Waals surface area contributed by atoms with E-state index in [4.69, 9.17) is 4.74 Å². The Hall–Kier alpha value is -1.02. The highest BCUT2D eigenvalue weighted by molar-refractivity contribution is 5.45. The Kier molecular flexibility index (Phi) is 2.91. The lowest BCUT2D eigenvalue weighted by molar-refractivity contribution is -0.0517. The van der Waals surface area contributed by atoms with Gasteiger partial charge in [-0.25, -0.2) is 0 Å². The van der Waals surface area contributed by atoms with Crippen molar-refractivity contribution in [2.24, 2.45) is 23.7 Å². The van der Waals surface area contributed by atoms with E-state index < -0.39 is 5.60 Å². The predicted molar refractivity (Wildman–Crippen MR) is 83.4 cm³/mol. The molecule has 1 aromatic rings. The van der Waals surface area contributed by atoms with E-state index in [9.17, 15) is 5.11 Å². The number of ether oxygens (including phenoxy) is 1. The molecule has 2 heteroatoms. The summed E-state index contributed by atoms with van der Waals surface area (Å²) in [5.74, 6) is 3.86. The quantitative estimate of drug-likeness (QED) is 0.892. The molecular formula is C19H26O2. The van der Waals surface area contributed by atoms with Gasteiger partial charge in [0, 0.05) is 0 Å². The van der Waals surface area contributed by atoms with Gasteiger partial charge in [0.05, 0.1) is 12.7 Å². The van der Waals surface area contributed by atoms with Gasteiger partial charge in [0.1, 0.15) is 5.75 Å². The van der Waals surface area contributed by atoms with Crippen molar-refractivity contribution in [1.82, 2.24) is 0 Å². The second-order valence-corrected chi connectivity index (χ2v) is 7.63. The maximum Gasteiger partial charge on any atom is 0.122 e. The first-order valence-electron chi connectivity index (χ1n) is 8.42. The fourth-order valence-electron chi connectivity index (χ4n) is 5.90. The van der Waals surface area contributed by atoms with Gasteiger partial charge in [-0.05, 0) is 92.0 Å². The molecule has 3 saturated carbocycles. The summed E-state index contributed by atoms with van der Waals surface area (Å²) in [6, 6.07) is 4.28. The van der Waals surface area contributed by atoms with Crippen LogP contribution in [0, 0.1) is 37.5 Å². The Morgan fingerprint density at radius 3 is 2.67 bits per heavy atom. The van der Waals surface area contributed by atoms with E-state index in [1.54, 1.807) is 7.11 Å². The van der Waals surface area contributed by atoms with Crippen molar-refractivity contribution < 1.29 is 9.84 Å². The number of methoxy groups -OCH3 is 1. The zero-order valence-corrected chi connectivity index (χ0v) is 13.4. The molecule has 0 spiro atoms. The number of benzene rings is 1. The Morgan fingerprint density at radius 2 is 1.90 bits per heavy atom. The van der Waals surface area contributed by atoms with Crippen LogP contribution in [0.25, 0.3) is 0 Å². The molecule has 3 fully saturated rings. The van der Waals surface area contributed by atoms with Crippen LogP contribution in [0.15, 0.2) is 12.1 Å². The van der Waals surface area contributed by atoms with Crippen molar-refractivity contribution in [3.05, 3.63) is 28.8 Å². The highest BCUT2D eigenvalue weighted by Gasteiger charge is 2.61. The van der Waals surface area contributed by atoms with Crippen LogP contribution in [0.3, 0.4) is 0 Å². The summed E-state index contributed by atoms with van der Waals surface area (Å²) in [4.78, 5) is 0. The van der Waals surface area contributed by atoms with Crippen molar-refractivity contribution in [1.29, 1.82) is 0 Å². The lowest BCUT2D eigenvalue weighted by atomic mass is 9.69. The minimum absolute atomic E-state index is 0.487. The summed E-state index contributed by atoms with van der Waals surface area (Å²) in [6.07, 6.45) is 6.34. The molecule has 0 heterocycles. The van der Waals surface area contributed by atoms with Gasteiger partial charge in [-0.15, -0.1) is 0 Å². The van der Waals surface area contributed by atoms with Gasteiger partial charge in [-0.1, -0.05) is 6.42 Å². The zero-order chi connectivity index (χ0) is 14.8. The Bertz CT molecular complexity index is 579. The minimum atomic E-state index is -0.586. The number of rotatable bonds is 2. The summed E-state index contributed by atoms with van der Waals surface area (Å²) >= 11 is 0. The summed E-state index contributed by atoms with van der Waals surface area (Å²) < 4.78 is 5.43. The molecule has 2 bridgehead atoms. The van der Waals surface area contributed by atoms with E-state index in [0.29, 0.717) is 5.92 Å². The molecule has 5 unspecified atom stereocenters. The van der Waals surface area contributed by atoms with E-state index in [2.05, 4.69) is 26.0 Å². The van der Waals surface area contributed by atoms with Gasteiger partial charge < -0.3 is 9.84 Å². The second kappa shape index (κ2) is 4.49. The summed E-state index contributed by atoms with van der Waals surface area (Å²) in [6.45, 7) is 4.20. The molecule has 3 aliphatic carbocycles. The van der Waals surface area contributed by atoms with Crippen molar-refractivity contribution >= 4 is 0 Å². The van der Waals surface area contributed by atoms with E-state index in [1.807, 2.05) is 0 Å². The standard InChI is InChI=1S/C19H26O2/c1-11-8-18(21-3)12(2)7-16(11)19(20)10-13-9-17(19)15-6-4-5-14(13)15/h7-8,13-15,17,20H,4-6,9-10H2,1-3H3. The summed E-state index contributed by atoms with van der Waals surface area (Å²) in [7, 11) is 1.72. The molecule has 0 amide bonds. The lowest BCUT2D eigenvalue weighted by Gasteiger charge is -2.40. The largest absolute Gasteiger partial charge is 0.496 e. The highest BCUT2D eigenvalue weighted by atomic mass is 16.5. The van der Waals surface area contributed by atoms with Crippen LogP contribution < -0.4 is 4.74 Å². The van der Waals surface area contributed by atoms with Crippen LogP contribution in [0.1, 0.15) is 48.8 Å². The third-order valence-electron chi connectivity index (χ3n) is 6.70. The number of fused-ring (bicyclic) bond motifs is 5. The molecular weight excluding hydrogens is 260 g/mol. The first-order valence-corrected chi connectivity index (χ1v) is 8.42. The zero-order valence-electron chi connectivity index (χ0n) is 13.4. The Morgan fingerprint density at radius 1 is 1.14 bits per heavy atom. The van der Waals surface area contributed by atoms with Gasteiger partial charge in [0.2, 0.25) is 0 Å². The normalized spacial score (nSPS) is 40.6. The number of hydrogen-bond acceptors (Lipinski definition) is 2. The summed E-state index contributed by atoms with van der Waals surface area (Å²) in [5.41, 5.74) is 2.90. The van der Waals surface area contributed by atoms with E-state index in [1.165, 1.54) is 36.8 Å². The van der Waals surface area contributed by atoms with E-state index in [0.717, 1.165) is 35.5 Å². The van der Waals surface area contributed by atoms with Gasteiger partial charge in [0.15, 0.2) is 0 Å². The molecule has 4 rings (SSSR count). The molecule has 114 valence electrons. The number of aliphatic hydroxyl groups is 1. The molecule has 1 aromatic carbocycles. The van der Waals surface area contributed by atoms with Crippen LogP contribution in [0.5, 0.6) is 5.75 Å². The molecule has 21 heavy (non-hydrogen) atoms. The average Bonchev–Trinajstić information content (AvgIpc) is 3.11. The van der Waals surface area contributed by atoms with Gasteiger partial charge >= 0.3 is 0 Å². The van der Waals surface area contributed by atoms with Crippen LogP contribution in [-0.4, -0.2) is 12.2 Å². The fraction of sp³-hybridized carbons (Fsp3) is 0.684. The summed E-state index contributed by atoms with van der Waals surface area (Å²) in [5, 5.41) is 11.5. The van der Waals surface area contributed by atoms with Crippen molar-refractivity contribution in [3.8, 4) is 5.75 Å². The smallest absolute Gasteiger partial charge is 0.122 e. The molecule has 2 nitrogen and oxygen atoms in total. The number of aryl methyl sites for hydroxylation is 2. The maximum atomic E-state index is 11.5. The van der Waals surface area contributed by atoms with Gasteiger partial charge in [0.25, 0.3) is 0 Å². The molecule has 0 aliphatic heterocycles. The molecule has 0 radical (unpaired) electrons. The Labute approximate surface area is 127 Å². The Balaban J connectivity index is 1.75. The molecule has 5 atom stereocenters. The molecule has 1 N–H and O–H groups in total. The third-order valence-corrected chi connectivity index (χ3v) is 6.70. The number of hydrogen-bond donors (Lipinski definition) is 1. The average molecular weight is 286 g/mol. The SMILES string of the molecule is COc1cc(C)c(C2(O)CC3CC2C2CCCC32)cc1C. The third kappa shape index (κ3) is 1.75. The second-order valence-electron chi connectivity index (χ2n) is 7.63.